The number of allylic oxidation sites excluding steroid dienone is 1. The second-order valence-corrected chi connectivity index (χ2v) is 8.28. The predicted octanol–water partition coefficient (Wildman–Crippen LogP) is 4.89. The molecule has 1 aliphatic carbocycles. The molecule has 2 aliphatic rings. The number of ether oxygens (including phenoxy) is 3. The van der Waals surface area contributed by atoms with E-state index in [2.05, 4.69) is 18.8 Å². The van der Waals surface area contributed by atoms with E-state index in [1.807, 2.05) is 24.3 Å². The zero-order valence-corrected chi connectivity index (χ0v) is 18.0. The molecule has 1 saturated carbocycles. The first kappa shape index (κ1) is 21.8. The summed E-state index contributed by atoms with van der Waals surface area (Å²) in [6.45, 7) is 5.59. The number of carbonyl (C=O) groups excluding carboxylic acids is 1. The lowest BCUT2D eigenvalue weighted by Gasteiger charge is -2.32. The Kier molecular flexibility index (Phi) is 7.06. The van der Waals surface area contributed by atoms with Crippen molar-refractivity contribution in [2.75, 3.05) is 6.61 Å². The minimum Gasteiger partial charge on any atom is -0.478 e. The number of aryl methyl sites for hydroxylation is 1. The standard InChI is InChI=1S/C25H29NO4/c1-4-19-15-18(10-12-23(19)28-14-13-26)9-11-21(20-7-5-6-8-20)16-22-17-24(27)30-25(2,3)29-22/h10,12,15,17,20-21H,4-8,14,16H2,1-3H3. The van der Waals surface area contributed by atoms with Crippen molar-refractivity contribution in [3.63, 3.8) is 0 Å². The summed E-state index contributed by atoms with van der Waals surface area (Å²) < 4.78 is 16.6. The van der Waals surface area contributed by atoms with Gasteiger partial charge in [-0.1, -0.05) is 31.6 Å². The molecule has 3 rings (SSSR count). The van der Waals surface area contributed by atoms with Crippen LogP contribution in [0.15, 0.2) is 30.0 Å². The van der Waals surface area contributed by atoms with Crippen molar-refractivity contribution in [2.45, 2.75) is 65.1 Å². The minimum absolute atomic E-state index is 0.0374. The topological polar surface area (TPSA) is 68.6 Å². The summed E-state index contributed by atoms with van der Waals surface area (Å²) in [6.07, 6.45) is 7.62. The molecule has 0 aromatic heterocycles. The van der Waals surface area contributed by atoms with Gasteiger partial charge in [-0.25, -0.2) is 4.79 Å². The van der Waals surface area contributed by atoms with Gasteiger partial charge in [-0.05, 0) is 48.9 Å². The zero-order valence-electron chi connectivity index (χ0n) is 18.0. The quantitative estimate of drug-likeness (QED) is 0.496. The largest absolute Gasteiger partial charge is 0.478 e. The van der Waals surface area contributed by atoms with Gasteiger partial charge in [0.1, 0.15) is 17.6 Å². The van der Waals surface area contributed by atoms with E-state index in [1.165, 1.54) is 18.9 Å². The van der Waals surface area contributed by atoms with Crippen LogP contribution in [0.5, 0.6) is 5.75 Å². The van der Waals surface area contributed by atoms with E-state index in [-0.39, 0.29) is 18.5 Å². The highest BCUT2D eigenvalue weighted by atomic mass is 16.7. The molecule has 5 heteroatoms. The van der Waals surface area contributed by atoms with Gasteiger partial charge >= 0.3 is 5.97 Å². The van der Waals surface area contributed by atoms with E-state index in [1.54, 1.807) is 13.8 Å². The number of nitriles is 1. The molecular formula is C25H29NO4. The van der Waals surface area contributed by atoms with E-state index in [9.17, 15) is 4.79 Å². The molecule has 1 heterocycles. The van der Waals surface area contributed by atoms with Gasteiger partial charge in [0.15, 0.2) is 6.61 Å². The van der Waals surface area contributed by atoms with Crippen LogP contribution in [0.4, 0.5) is 0 Å². The predicted molar refractivity (Wildman–Crippen MR) is 113 cm³/mol. The third-order valence-corrected chi connectivity index (χ3v) is 5.53. The van der Waals surface area contributed by atoms with Crippen molar-refractivity contribution in [1.82, 2.24) is 0 Å². The smallest absolute Gasteiger partial charge is 0.337 e. The van der Waals surface area contributed by atoms with Gasteiger partial charge in [-0.2, -0.15) is 5.26 Å². The fourth-order valence-corrected chi connectivity index (χ4v) is 4.14. The summed E-state index contributed by atoms with van der Waals surface area (Å²) in [6, 6.07) is 7.85. The molecular weight excluding hydrogens is 378 g/mol. The number of esters is 1. The number of hydrogen-bond acceptors (Lipinski definition) is 5. The Labute approximate surface area is 179 Å². The lowest BCUT2D eigenvalue weighted by Crippen LogP contribution is -2.35. The van der Waals surface area contributed by atoms with Gasteiger partial charge < -0.3 is 14.2 Å². The molecule has 158 valence electrons. The molecule has 0 N–H and O–H groups in total. The third-order valence-electron chi connectivity index (χ3n) is 5.53. The summed E-state index contributed by atoms with van der Waals surface area (Å²) in [4.78, 5) is 11.9. The first-order valence-electron chi connectivity index (χ1n) is 10.7. The molecule has 1 aromatic rings. The van der Waals surface area contributed by atoms with Gasteiger partial charge in [0.05, 0.1) is 6.08 Å². The van der Waals surface area contributed by atoms with E-state index >= 15 is 0 Å². The number of carbonyl (C=O) groups is 1. The van der Waals surface area contributed by atoms with E-state index in [0.29, 0.717) is 18.1 Å². The molecule has 1 unspecified atom stereocenters. The molecule has 0 spiro atoms. The maximum absolute atomic E-state index is 11.9. The lowest BCUT2D eigenvalue weighted by atomic mass is 9.87. The molecule has 1 aliphatic heterocycles. The Morgan fingerprint density at radius 3 is 2.70 bits per heavy atom. The summed E-state index contributed by atoms with van der Waals surface area (Å²) in [5.41, 5.74) is 1.97. The number of hydrogen-bond donors (Lipinski definition) is 0. The third kappa shape index (κ3) is 5.80. The Balaban J connectivity index is 1.81. The van der Waals surface area contributed by atoms with Gasteiger partial charge in [-0.3, -0.25) is 0 Å². The molecule has 0 radical (unpaired) electrons. The number of cyclic esters (lactones) is 1. The summed E-state index contributed by atoms with van der Waals surface area (Å²) in [7, 11) is 0. The average Bonchev–Trinajstić information content (AvgIpc) is 3.23. The SMILES string of the molecule is CCc1cc(C#CC(CC2=CC(=O)OC(C)(C)O2)C2CCCC2)ccc1OCC#N. The number of rotatable bonds is 6. The summed E-state index contributed by atoms with van der Waals surface area (Å²) >= 11 is 0. The fraction of sp³-hybridized carbons (Fsp3) is 0.520. The van der Waals surface area contributed by atoms with Crippen LogP contribution < -0.4 is 4.74 Å². The van der Waals surface area contributed by atoms with E-state index in [0.717, 1.165) is 36.1 Å². The summed E-state index contributed by atoms with van der Waals surface area (Å²) in [5, 5.41) is 8.74. The second kappa shape index (κ2) is 9.72. The minimum atomic E-state index is -0.940. The highest BCUT2D eigenvalue weighted by molar-refractivity contribution is 5.83. The van der Waals surface area contributed by atoms with Crippen LogP contribution in [0.25, 0.3) is 0 Å². The lowest BCUT2D eigenvalue weighted by molar-refractivity contribution is -0.206. The normalized spacial score (nSPS) is 18.9. The van der Waals surface area contributed by atoms with Gasteiger partial charge in [0.2, 0.25) is 5.79 Å². The average molecular weight is 408 g/mol. The van der Waals surface area contributed by atoms with E-state index in [4.69, 9.17) is 19.5 Å². The maximum Gasteiger partial charge on any atom is 0.337 e. The monoisotopic (exact) mass is 407 g/mol. The van der Waals surface area contributed by atoms with Crippen molar-refractivity contribution < 1.29 is 19.0 Å². The second-order valence-electron chi connectivity index (χ2n) is 8.28. The van der Waals surface area contributed by atoms with Crippen molar-refractivity contribution >= 4 is 5.97 Å². The van der Waals surface area contributed by atoms with Crippen molar-refractivity contribution in [3.05, 3.63) is 41.2 Å². The van der Waals surface area contributed by atoms with Gasteiger partial charge in [0, 0.05) is 31.7 Å². The first-order chi connectivity index (χ1) is 14.4. The Morgan fingerprint density at radius 2 is 2.03 bits per heavy atom. The molecule has 1 atom stereocenters. The van der Waals surface area contributed by atoms with Gasteiger partial charge in [-0.15, -0.1) is 0 Å². The van der Waals surface area contributed by atoms with Gasteiger partial charge in [0.25, 0.3) is 0 Å². The van der Waals surface area contributed by atoms with Crippen molar-refractivity contribution in [3.8, 4) is 23.7 Å². The van der Waals surface area contributed by atoms with Crippen LogP contribution in [0.3, 0.4) is 0 Å². The zero-order chi connectivity index (χ0) is 21.6. The van der Waals surface area contributed by atoms with Crippen molar-refractivity contribution in [2.24, 2.45) is 11.8 Å². The fourth-order valence-electron chi connectivity index (χ4n) is 4.14. The molecule has 0 saturated heterocycles. The number of benzene rings is 1. The highest BCUT2D eigenvalue weighted by Gasteiger charge is 2.33. The molecule has 30 heavy (non-hydrogen) atoms. The van der Waals surface area contributed by atoms with Crippen LogP contribution in [-0.4, -0.2) is 18.4 Å². The van der Waals surface area contributed by atoms with E-state index < -0.39 is 5.79 Å². The first-order valence-corrected chi connectivity index (χ1v) is 10.7. The Morgan fingerprint density at radius 1 is 1.27 bits per heavy atom. The Hall–Kier alpha value is -2.92. The molecule has 0 amide bonds. The molecule has 1 fully saturated rings. The summed E-state index contributed by atoms with van der Waals surface area (Å²) in [5.74, 6) is 7.51. The maximum atomic E-state index is 11.9. The van der Waals surface area contributed by atoms with Crippen LogP contribution in [-0.2, 0) is 20.7 Å². The van der Waals surface area contributed by atoms with Crippen LogP contribution in [0.2, 0.25) is 0 Å². The van der Waals surface area contributed by atoms with Crippen LogP contribution in [0, 0.1) is 35.0 Å². The molecule has 1 aromatic carbocycles. The van der Waals surface area contributed by atoms with Crippen molar-refractivity contribution in [1.29, 1.82) is 5.26 Å². The van der Waals surface area contributed by atoms with Crippen LogP contribution >= 0.6 is 0 Å². The highest BCUT2D eigenvalue weighted by Crippen LogP contribution is 2.36. The molecule has 5 nitrogen and oxygen atoms in total. The van der Waals surface area contributed by atoms with Crippen LogP contribution in [0.1, 0.15) is 64.0 Å². The molecule has 0 bridgehead atoms. The Bertz CT molecular complexity index is 907. The number of nitrogens with zero attached hydrogens (tertiary/aromatic N) is 1.